The number of fused-ring (bicyclic) bond motifs is 1. The lowest BCUT2D eigenvalue weighted by Gasteiger charge is -2.42. The van der Waals surface area contributed by atoms with Crippen molar-refractivity contribution in [3.63, 3.8) is 0 Å². The smallest absolute Gasteiger partial charge is 0.222 e. The van der Waals surface area contributed by atoms with E-state index in [1.165, 1.54) is 11.1 Å². The van der Waals surface area contributed by atoms with Crippen molar-refractivity contribution in [1.29, 1.82) is 0 Å². The van der Waals surface area contributed by atoms with E-state index in [1.54, 1.807) is 6.92 Å². The second-order valence-corrected chi connectivity index (χ2v) is 8.76. The molecule has 0 radical (unpaired) electrons. The summed E-state index contributed by atoms with van der Waals surface area (Å²) < 4.78 is 5.19. The maximum Gasteiger partial charge on any atom is 0.222 e. The molecule has 1 aliphatic rings. The van der Waals surface area contributed by atoms with Crippen LogP contribution in [0.4, 0.5) is 0 Å². The van der Waals surface area contributed by atoms with Crippen molar-refractivity contribution in [2.24, 2.45) is 0 Å². The van der Waals surface area contributed by atoms with Crippen LogP contribution in [0.25, 0.3) is 0 Å². The summed E-state index contributed by atoms with van der Waals surface area (Å²) in [5.74, 6) is -0.246. The van der Waals surface area contributed by atoms with Gasteiger partial charge in [-0.25, -0.2) is 0 Å². The van der Waals surface area contributed by atoms with Crippen molar-refractivity contribution in [2.75, 3.05) is 13.2 Å². The molecule has 0 fully saturated rings. The van der Waals surface area contributed by atoms with E-state index in [0.717, 1.165) is 12.8 Å². The lowest BCUT2D eigenvalue weighted by atomic mass is 9.63. The number of hydrogen-bond donors (Lipinski definition) is 2. The van der Waals surface area contributed by atoms with Crippen LogP contribution in [0.3, 0.4) is 0 Å². The Morgan fingerprint density at radius 2 is 1.74 bits per heavy atom. The molecule has 2 rings (SSSR count). The average molecular weight is 376 g/mol. The molecule has 0 spiro atoms. The van der Waals surface area contributed by atoms with E-state index in [9.17, 15) is 9.59 Å². The van der Waals surface area contributed by atoms with Gasteiger partial charge in [0.2, 0.25) is 5.91 Å². The Morgan fingerprint density at radius 1 is 1.11 bits per heavy atom. The summed E-state index contributed by atoms with van der Waals surface area (Å²) in [5, 5.41) is 11.4. The zero-order valence-electron chi connectivity index (χ0n) is 17.2. The number of aliphatic hydroxyl groups is 1. The standard InChI is InChI=1S/C22H33NO4/c1-15(27-13-12-24)23-20(26)9-8-19(25)16-6-7-17-18(14-16)22(4,5)11-10-21(17,2)3/h6-7,14-15,24H,8-13H2,1-5H3,(H,23,26). The summed E-state index contributed by atoms with van der Waals surface area (Å²) >= 11 is 0. The van der Waals surface area contributed by atoms with Crippen LogP contribution in [-0.2, 0) is 20.4 Å². The van der Waals surface area contributed by atoms with Gasteiger partial charge in [-0.05, 0) is 47.8 Å². The van der Waals surface area contributed by atoms with Crippen LogP contribution in [0, 0.1) is 0 Å². The van der Waals surface area contributed by atoms with Gasteiger partial charge in [0, 0.05) is 18.4 Å². The number of rotatable bonds is 8. The summed E-state index contributed by atoms with van der Waals surface area (Å²) in [4.78, 5) is 24.6. The second-order valence-electron chi connectivity index (χ2n) is 8.76. The molecule has 1 amide bonds. The SMILES string of the molecule is CC(NC(=O)CCC(=O)c1ccc2c(c1)C(C)(C)CCC2(C)C)OCCO. The molecule has 0 bridgehead atoms. The fourth-order valence-corrected chi connectivity index (χ4v) is 3.70. The molecule has 1 aromatic rings. The number of benzene rings is 1. The van der Waals surface area contributed by atoms with Crippen molar-refractivity contribution in [3.05, 3.63) is 34.9 Å². The molecule has 1 aromatic carbocycles. The van der Waals surface area contributed by atoms with Crippen molar-refractivity contribution < 1.29 is 19.4 Å². The number of aliphatic hydroxyl groups excluding tert-OH is 1. The number of ketones is 1. The molecule has 5 heteroatoms. The summed E-state index contributed by atoms with van der Waals surface area (Å²) in [5.41, 5.74) is 3.43. The van der Waals surface area contributed by atoms with Gasteiger partial charge in [-0.15, -0.1) is 0 Å². The molecular weight excluding hydrogens is 342 g/mol. The van der Waals surface area contributed by atoms with Crippen LogP contribution in [0.15, 0.2) is 18.2 Å². The minimum atomic E-state index is -0.480. The third-order valence-corrected chi connectivity index (χ3v) is 5.58. The number of hydrogen-bond acceptors (Lipinski definition) is 4. The van der Waals surface area contributed by atoms with Crippen molar-refractivity contribution in [1.82, 2.24) is 5.32 Å². The van der Waals surface area contributed by atoms with E-state index in [1.807, 2.05) is 12.1 Å². The number of carbonyl (C=O) groups excluding carboxylic acids is 2. The van der Waals surface area contributed by atoms with Crippen LogP contribution >= 0.6 is 0 Å². The molecule has 0 saturated heterocycles. The molecule has 0 saturated carbocycles. The highest BCUT2D eigenvalue weighted by molar-refractivity contribution is 5.98. The summed E-state index contributed by atoms with van der Waals surface area (Å²) in [6.45, 7) is 10.8. The Hall–Kier alpha value is -1.72. The average Bonchev–Trinajstić information content (AvgIpc) is 2.61. The number of Topliss-reactive ketones (excluding diaryl/α,β-unsaturated/α-hetero) is 1. The van der Waals surface area contributed by atoms with Crippen molar-refractivity contribution in [3.8, 4) is 0 Å². The Morgan fingerprint density at radius 3 is 2.37 bits per heavy atom. The fourth-order valence-electron chi connectivity index (χ4n) is 3.70. The first kappa shape index (κ1) is 21.6. The van der Waals surface area contributed by atoms with Gasteiger partial charge in [0.05, 0.1) is 13.2 Å². The molecular formula is C22H33NO4. The first-order chi connectivity index (χ1) is 12.6. The summed E-state index contributed by atoms with van der Waals surface area (Å²) in [7, 11) is 0. The predicted molar refractivity (Wildman–Crippen MR) is 106 cm³/mol. The molecule has 0 aliphatic heterocycles. The van der Waals surface area contributed by atoms with E-state index < -0.39 is 6.23 Å². The third kappa shape index (κ3) is 5.39. The van der Waals surface area contributed by atoms with Crippen LogP contribution < -0.4 is 5.32 Å². The van der Waals surface area contributed by atoms with Gasteiger partial charge < -0.3 is 15.2 Å². The Kier molecular flexibility index (Phi) is 6.82. The first-order valence-electron chi connectivity index (χ1n) is 9.77. The van der Waals surface area contributed by atoms with Gasteiger partial charge in [0.1, 0.15) is 6.23 Å². The maximum atomic E-state index is 12.6. The van der Waals surface area contributed by atoms with E-state index in [0.29, 0.717) is 5.56 Å². The second kappa shape index (κ2) is 8.53. The number of amides is 1. The number of carbonyl (C=O) groups is 2. The normalized spacial score (nSPS) is 18.4. The molecule has 0 heterocycles. The highest BCUT2D eigenvalue weighted by atomic mass is 16.5. The highest BCUT2D eigenvalue weighted by Gasteiger charge is 2.37. The Labute approximate surface area is 162 Å². The van der Waals surface area contributed by atoms with Crippen molar-refractivity contribution >= 4 is 11.7 Å². The summed E-state index contributed by atoms with van der Waals surface area (Å²) in [6, 6.07) is 6.02. The van der Waals surface area contributed by atoms with Gasteiger partial charge in [0.15, 0.2) is 5.78 Å². The van der Waals surface area contributed by atoms with E-state index >= 15 is 0 Å². The van der Waals surface area contributed by atoms with E-state index in [2.05, 4.69) is 39.1 Å². The van der Waals surface area contributed by atoms with Gasteiger partial charge in [-0.3, -0.25) is 9.59 Å². The zero-order chi connectivity index (χ0) is 20.2. The van der Waals surface area contributed by atoms with E-state index in [4.69, 9.17) is 9.84 Å². The van der Waals surface area contributed by atoms with E-state index in [-0.39, 0.29) is 48.6 Å². The minimum absolute atomic E-state index is 0.0175. The molecule has 1 atom stereocenters. The van der Waals surface area contributed by atoms with Crippen LogP contribution in [-0.4, -0.2) is 36.2 Å². The molecule has 0 aromatic heterocycles. The molecule has 5 nitrogen and oxygen atoms in total. The van der Waals surface area contributed by atoms with Gasteiger partial charge >= 0.3 is 0 Å². The Balaban J connectivity index is 2.02. The zero-order valence-corrected chi connectivity index (χ0v) is 17.2. The largest absolute Gasteiger partial charge is 0.394 e. The van der Waals surface area contributed by atoms with Gasteiger partial charge in [-0.1, -0.05) is 39.8 Å². The van der Waals surface area contributed by atoms with Gasteiger partial charge in [-0.2, -0.15) is 0 Å². The monoisotopic (exact) mass is 375 g/mol. The first-order valence-corrected chi connectivity index (χ1v) is 9.77. The highest BCUT2D eigenvalue weighted by Crippen LogP contribution is 2.45. The van der Waals surface area contributed by atoms with Crippen LogP contribution in [0.5, 0.6) is 0 Å². The summed E-state index contributed by atoms with van der Waals surface area (Å²) in [6.07, 6.45) is 2.04. The predicted octanol–water partition coefficient (Wildman–Crippen LogP) is 3.47. The lowest BCUT2D eigenvalue weighted by molar-refractivity contribution is -0.125. The molecule has 2 N–H and O–H groups in total. The molecule has 1 unspecified atom stereocenters. The maximum absolute atomic E-state index is 12.6. The minimum Gasteiger partial charge on any atom is -0.394 e. The van der Waals surface area contributed by atoms with Crippen LogP contribution in [0.1, 0.15) is 81.8 Å². The number of nitrogens with one attached hydrogen (secondary N) is 1. The molecule has 150 valence electrons. The third-order valence-electron chi connectivity index (χ3n) is 5.58. The molecule has 27 heavy (non-hydrogen) atoms. The lowest BCUT2D eigenvalue weighted by Crippen LogP contribution is -2.35. The van der Waals surface area contributed by atoms with Crippen LogP contribution in [0.2, 0.25) is 0 Å². The fraction of sp³-hybridized carbons (Fsp3) is 0.636. The topological polar surface area (TPSA) is 75.6 Å². The quantitative estimate of drug-likeness (QED) is 0.539. The van der Waals surface area contributed by atoms with Gasteiger partial charge in [0.25, 0.3) is 0 Å². The van der Waals surface area contributed by atoms with Crippen molar-refractivity contribution in [2.45, 2.75) is 77.4 Å². The molecule has 1 aliphatic carbocycles. The number of ether oxygens (including phenoxy) is 1. The Bertz CT molecular complexity index is 694.